The summed E-state index contributed by atoms with van der Waals surface area (Å²) < 4.78 is 29.0. The lowest BCUT2D eigenvalue weighted by molar-refractivity contribution is 0.103. The second-order valence-corrected chi connectivity index (χ2v) is 6.69. The molecule has 0 bridgehead atoms. The first-order valence-electron chi connectivity index (χ1n) is 7.00. The highest BCUT2D eigenvalue weighted by Gasteiger charge is 2.29. The molecule has 0 fully saturated rings. The van der Waals surface area contributed by atoms with Crippen LogP contribution in [-0.4, -0.2) is 15.6 Å². The number of carbonyl (C=O) groups excluding carboxylic acids is 1. The van der Waals surface area contributed by atoms with Gasteiger partial charge in [-0.3, -0.25) is 9.48 Å². The third-order valence-corrected chi connectivity index (χ3v) is 5.10. The van der Waals surface area contributed by atoms with Crippen molar-refractivity contribution in [3.8, 4) is 6.07 Å². The molecule has 0 atom stereocenters. The van der Waals surface area contributed by atoms with Crippen LogP contribution in [0.2, 0.25) is 10.3 Å². The normalized spacial score (nSPS) is 15.3. The summed E-state index contributed by atoms with van der Waals surface area (Å²) in [5.41, 5.74) is -0.593. The summed E-state index contributed by atoms with van der Waals surface area (Å²) >= 11 is 12.9. The summed E-state index contributed by atoms with van der Waals surface area (Å²) in [6, 6.07) is 5.24. The topological polar surface area (TPSA) is 70.7 Å². The number of nitrogens with one attached hydrogen (secondary N) is 1. The number of rotatable bonds is 3. The molecule has 2 aromatic rings. The van der Waals surface area contributed by atoms with Gasteiger partial charge in [0.05, 0.1) is 21.9 Å². The van der Waals surface area contributed by atoms with Gasteiger partial charge in [0.2, 0.25) is 5.78 Å². The predicted octanol–water partition coefficient (Wildman–Crippen LogP) is 4.26. The number of halogens is 4. The van der Waals surface area contributed by atoms with Crippen molar-refractivity contribution in [2.24, 2.45) is 7.05 Å². The number of nitriles is 1. The van der Waals surface area contributed by atoms with E-state index in [1.54, 1.807) is 6.07 Å². The van der Waals surface area contributed by atoms with Gasteiger partial charge in [-0.15, -0.1) is 0 Å². The van der Waals surface area contributed by atoms with Gasteiger partial charge >= 0.3 is 0 Å². The van der Waals surface area contributed by atoms with E-state index in [1.807, 2.05) is 0 Å². The summed E-state index contributed by atoms with van der Waals surface area (Å²) in [5, 5.41) is 17.3. The Balaban J connectivity index is 1.98. The predicted molar refractivity (Wildman–Crippen MR) is 95.3 cm³/mol. The number of thioether (sulfide) groups is 1. The number of Topliss-reactive ketones (excluding diaryl/α,β-unsaturated/α-hetero) is 1. The van der Waals surface area contributed by atoms with Crippen LogP contribution in [0.4, 0.5) is 8.78 Å². The average molecular weight is 413 g/mol. The molecule has 0 spiro atoms. The second kappa shape index (κ2) is 7.11. The SMILES string of the molecule is Cn1nc(Cl)c(C(=O)/C(C#N)=C2\NC(c3c(F)cccc3F)=CS2)c1Cl. The summed E-state index contributed by atoms with van der Waals surface area (Å²) in [4.78, 5) is 12.7. The van der Waals surface area contributed by atoms with Crippen molar-refractivity contribution in [2.45, 2.75) is 0 Å². The van der Waals surface area contributed by atoms with E-state index in [1.165, 1.54) is 23.2 Å². The molecule has 0 unspecified atom stereocenters. The Morgan fingerprint density at radius 1 is 1.35 bits per heavy atom. The highest BCUT2D eigenvalue weighted by atomic mass is 35.5. The standard InChI is InChI=1S/C16H8Cl2F2N4OS/c1-24-15(18)12(14(17)23-24)13(25)7(5-21)16-22-10(6-26-16)11-8(19)3-2-4-9(11)20/h2-4,6,22H,1H3/b16-7+. The maximum absolute atomic E-state index is 13.9. The van der Waals surface area contributed by atoms with Crippen molar-refractivity contribution in [1.29, 1.82) is 5.26 Å². The molecule has 1 aliphatic heterocycles. The van der Waals surface area contributed by atoms with Crippen LogP contribution in [0.25, 0.3) is 5.70 Å². The lowest BCUT2D eigenvalue weighted by Gasteiger charge is -2.08. The molecule has 10 heteroatoms. The number of carbonyl (C=O) groups is 1. The zero-order chi connectivity index (χ0) is 19.0. The second-order valence-electron chi connectivity index (χ2n) is 5.10. The van der Waals surface area contributed by atoms with E-state index in [4.69, 9.17) is 23.2 Å². The largest absolute Gasteiger partial charge is 0.348 e. The minimum atomic E-state index is -0.770. The van der Waals surface area contributed by atoms with E-state index in [2.05, 4.69) is 10.4 Å². The molecule has 0 amide bonds. The minimum absolute atomic E-state index is 0.0234. The molecule has 1 aromatic heterocycles. The van der Waals surface area contributed by atoms with Gasteiger partial charge < -0.3 is 5.32 Å². The first-order chi connectivity index (χ1) is 12.3. The molecule has 2 heterocycles. The molecule has 132 valence electrons. The van der Waals surface area contributed by atoms with Crippen LogP contribution >= 0.6 is 35.0 Å². The Morgan fingerprint density at radius 3 is 2.54 bits per heavy atom. The molecular weight excluding hydrogens is 405 g/mol. The van der Waals surface area contributed by atoms with E-state index in [0.717, 1.165) is 23.9 Å². The summed E-state index contributed by atoms with van der Waals surface area (Å²) in [5.74, 6) is -2.28. The monoisotopic (exact) mass is 412 g/mol. The molecular formula is C16H8Cl2F2N4OS. The number of nitrogens with zero attached hydrogens (tertiary/aromatic N) is 3. The first kappa shape index (κ1) is 18.5. The lowest BCUT2D eigenvalue weighted by atomic mass is 10.1. The van der Waals surface area contributed by atoms with Crippen LogP contribution in [0.3, 0.4) is 0 Å². The highest BCUT2D eigenvalue weighted by molar-refractivity contribution is 8.06. The Kier molecular flexibility index (Phi) is 5.05. The van der Waals surface area contributed by atoms with Crippen molar-refractivity contribution >= 4 is 46.4 Å². The van der Waals surface area contributed by atoms with Gasteiger partial charge in [-0.1, -0.05) is 41.0 Å². The van der Waals surface area contributed by atoms with Crippen molar-refractivity contribution in [1.82, 2.24) is 15.1 Å². The molecule has 26 heavy (non-hydrogen) atoms. The van der Waals surface area contributed by atoms with Crippen LogP contribution < -0.4 is 5.32 Å². The van der Waals surface area contributed by atoms with Crippen LogP contribution in [0.1, 0.15) is 15.9 Å². The fourth-order valence-corrected chi connectivity index (χ4v) is 3.67. The maximum Gasteiger partial charge on any atom is 0.212 e. The van der Waals surface area contributed by atoms with E-state index < -0.39 is 17.4 Å². The van der Waals surface area contributed by atoms with Crippen LogP contribution in [-0.2, 0) is 7.05 Å². The molecule has 3 rings (SSSR count). The van der Waals surface area contributed by atoms with Gasteiger partial charge in [-0.25, -0.2) is 8.78 Å². The third-order valence-electron chi connectivity index (χ3n) is 3.50. The Morgan fingerprint density at radius 2 is 2.00 bits per heavy atom. The zero-order valence-corrected chi connectivity index (χ0v) is 15.3. The fourth-order valence-electron chi connectivity index (χ4n) is 2.29. The number of hydrogen-bond donors (Lipinski definition) is 1. The zero-order valence-electron chi connectivity index (χ0n) is 13.0. The highest BCUT2D eigenvalue weighted by Crippen LogP contribution is 2.36. The molecule has 1 N–H and O–H groups in total. The lowest BCUT2D eigenvalue weighted by Crippen LogP contribution is -2.13. The summed E-state index contributed by atoms with van der Waals surface area (Å²) in [6.07, 6.45) is 0. The molecule has 0 aliphatic carbocycles. The van der Waals surface area contributed by atoms with Crippen molar-refractivity contribution < 1.29 is 13.6 Å². The number of ketones is 1. The molecule has 0 saturated carbocycles. The van der Waals surface area contributed by atoms with Gasteiger partial charge in [-0.2, -0.15) is 10.4 Å². The number of aromatic nitrogens is 2. The number of hydrogen-bond acceptors (Lipinski definition) is 5. The molecule has 1 aromatic carbocycles. The van der Waals surface area contributed by atoms with E-state index in [9.17, 15) is 18.8 Å². The quantitative estimate of drug-likeness (QED) is 0.463. The van der Waals surface area contributed by atoms with E-state index >= 15 is 0 Å². The molecule has 1 aliphatic rings. The van der Waals surface area contributed by atoms with Gasteiger partial charge in [0.25, 0.3) is 0 Å². The van der Waals surface area contributed by atoms with Crippen molar-refractivity contribution in [3.05, 3.63) is 67.3 Å². The summed E-state index contributed by atoms with van der Waals surface area (Å²) in [6.45, 7) is 0. The minimum Gasteiger partial charge on any atom is -0.348 e. The Bertz CT molecular complexity index is 1020. The maximum atomic E-state index is 13.9. The average Bonchev–Trinajstić information content (AvgIpc) is 3.13. The van der Waals surface area contributed by atoms with Crippen LogP contribution in [0.5, 0.6) is 0 Å². The van der Waals surface area contributed by atoms with Crippen LogP contribution in [0.15, 0.2) is 34.2 Å². The van der Waals surface area contributed by atoms with Crippen molar-refractivity contribution in [2.75, 3.05) is 0 Å². The molecule has 0 saturated heterocycles. The molecule has 0 radical (unpaired) electrons. The number of aryl methyl sites for hydroxylation is 1. The van der Waals surface area contributed by atoms with Gasteiger partial charge in [0, 0.05) is 12.5 Å². The van der Waals surface area contributed by atoms with Crippen molar-refractivity contribution in [3.63, 3.8) is 0 Å². The van der Waals surface area contributed by atoms with Gasteiger partial charge in [-0.05, 0) is 12.1 Å². The van der Waals surface area contributed by atoms with Crippen LogP contribution in [0, 0.1) is 23.0 Å². The smallest absolute Gasteiger partial charge is 0.212 e. The van der Waals surface area contributed by atoms with E-state index in [0.29, 0.717) is 0 Å². The Labute approximate surface area is 160 Å². The fraction of sp³-hybridized carbons (Fsp3) is 0.0625. The molecule has 5 nitrogen and oxygen atoms in total. The van der Waals surface area contributed by atoms with Gasteiger partial charge in [0.1, 0.15) is 28.4 Å². The first-order valence-corrected chi connectivity index (χ1v) is 8.64. The van der Waals surface area contributed by atoms with E-state index in [-0.39, 0.29) is 37.7 Å². The summed E-state index contributed by atoms with van der Waals surface area (Å²) in [7, 11) is 1.49. The Hall–Kier alpha value is -2.34. The number of allylic oxidation sites excluding steroid dienone is 1. The third kappa shape index (κ3) is 3.09. The van der Waals surface area contributed by atoms with Gasteiger partial charge in [0.15, 0.2) is 5.15 Å². The number of benzene rings is 1.